The van der Waals surface area contributed by atoms with E-state index in [4.69, 9.17) is 0 Å². The zero-order valence-electron chi connectivity index (χ0n) is 14.7. The lowest BCUT2D eigenvalue weighted by Crippen LogP contribution is -2.46. The van der Waals surface area contributed by atoms with Gasteiger partial charge >= 0.3 is 0 Å². The van der Waals surface area contributed by atoms with Gasteiger partial charge in [0.05, 0.1) is 11.1 Å². The van der Waals surface area contributed by atoms with E-state index < -0.39 is 0 Å². The van der Waals surface area contributed by atoms with Gasteiger partial charge in [0.2, 0.25) is 0 Å². The molecule has 3 aliphatic rings. The lowest BCUT2D eigenvalue weighted by molar-refractivity contribution is 0.0548. The van der Waals surface area contributed by atoms with Crippen LogP contribution in [0.15, 0.2) is 18.2 Å². The summed E-state index contributed by atoms with van der Waals surface area (Å²) in [6.07, 6.45) is 5.06. The van der Waals surface area contributed by atoms with Crippen LogP contribution >= 0.6 is 12.4 Å². The van der Waals surface area contributed by atoms with Crippen LogP contribution in [-0.4, -0.2) is 59.7 Å². The van der Waals surface area contributed by atoms with Gasteiger partial charge in [0.1, 0.15) is 0 Å². The van der Waals surface area contributed by atoms with Crippen LogP contribution < -0.4 is 5.32 Å². The summed E-state index contributed by atoms with van der Waals surface area (Å²) in [6.45, 7) is 2.89. The highest BCUT2D eigenvalue weighted by molar-refractivity contribution is 6.22. The Labute approximate surface area is 159 Å². The summed E-state index contributed by atoms with van der Waals surface area (Å²) in [5, 5.41) is 3.22. The van der Waals surface area contributed by atoms with Crippen molar-refractivity contribution in [3.63, 3.8) is 0 Å². The van der Waals surface area contributed by atoms with Gasteiger partial charge in [-0.05, 0) is 31.0 Å². The number of carbonyl (C=O) groups excluding carboxylic acids is 3. The van der Waals surface area contributed by atoms with Crippen molar-refractivity contribution >= 4 is 30.1 Å². The van der Waals surface area contributed by atoms with Gasteiger partial charge in [0.25, 0.3) is 17.7 Å². The third kappa shape index (κ3) is 3.23. The minimum Gasteiger partial charge on any atom is -0.336 e. The fourth-order valence-corrected chi connectivity index (χ4v) is 4.11. The molecule has 1 aromatic rings. The molecule has 1 aliphatic carbocycles. The second-order valence-corrected chi connectivity index (χ2v) is 7.07. The standard InChI is InChI=1S/C19H23N3O3.ClH/c23-17(21-10-8-20-9-11-21)13-6-7-15-16(12-13)19(25)22(18(15)24)14-4-2-1-3-5-14;/h6-7,12,14,20H,1-5,8-11H2;1H. The maximum atomic E-state index is 12.8. The Bertz CT molecular complexity index is 725. The predicted molar refractivity (Wildman–Crippen MR) is 99.8 cm³/mol. The Morgan fingerprint density at radius 1 is 0.962 bits per heavy atom. The minimum absolute atomic E-state index is 0. The third-order valence-electron chi connectivity index (χ3n) is 5.51. The summed E-state index contributed by atoms with van der Waals surface area (Å²) in [6, 6.07) is 4.95. The number of imide groups is 1. The number of nitrogens with zero attached hydrogens (tertiary/aromatic N) is 2. The van der Waals surface area contributed by atoms with Gasteiger partial charge in [-0.3, -0.25) is 19.3 Å². The number of nitrogens with one attached hydrogen (secondary N) is 1. The van der Waals surface area contributed by atoms with Crippen molar-refractivity contribution in [1.82, 2.24) is 15.1 Å². The maximum Gasteiger partial charge on any atom is 0.261 e. The molecule has 6 nitrogen and oxygen atoms in total. The molecule has 1 aromatic carbocycles. The summed E-state index contributed by atoms with van der Waals surface area (Å²) in [7, 11) is 0. The molecule has 1 saturated carbocycles. The van der Waals surface area contributed by atoms with E-state index in [1.165, 1.54) is 11.3 Å². The zero-order chi connectivity index (χ0) is 17.4. The normalized spacial score (nSPS) is 20.8. The Balaban J connectivity index is 0.00000196. The van der Waals surface area contributed by atoms with E-state index in [0.717, 1.165) is 38.8 Å². The smallest absolute Gasteiger partial charge is 0.261 e. The van der Waals surface area contributed by atoms with Crippen molar-refractivity contribution in [3.05, 3.63) is 34.9 Å². The van der Waals surface area contributed by atoms with Gasteiger partial charge in [-0.2, -0.15) is 0 Å². The fraction of sp³-hybridized carbons (Fsp3) is 0.526. The van der Waals surface area contributed by atoms with Gasteiger partial charge < -0.3 is 10.2 Å². The quantitative estimate of drug-likeness (QED) is 0.801. The van der Waals surface area contributed by atoms with Crippen LogP contribution in [0.1, 0.15) is 63.2 Å². The van der Waals surface area contributed by atoms with E-state index >= 15 is 0 Å². The molecule has 2 aliphatic heterocycles. The topological polar surface area (TPSA) is 69.7 Å². The first kappa shape index (κ1) is 18.9. The van der Waals surface area contributed by atoms with Crippen molar-refractivity contribution in [1.29, 1.82) is 0 Å². The summed E-state index contributed by atoms with van der Waals surface area (Å²) in [4.78, 5) is 41.4. The summed E-state index contributed by atoms with van der Waals surface area (Å²) >= 11 is 0. The number of hydrogen-bond donors (Lipinski definition) is 1. The monoisotopic (exact) mass is 377 g/mol. The number of carbonyl (C=O) groups is 3. The van der Waals surface area contributed by atoms with Crippen LogP contribution in [0.25, 0.3) is 0 Å². The second kappa shape index (κ2) is 7.76. The molecule has 1 N–H and O–H groups in total. The van der Waals surface area contributed by atoms with Crippen molar-refractivity contribution in [3.8, 4) is 0 Å². The molecule has 0 spiro atoms. The Kier molecular flexibility index (Phi) is 5.63. The van der Waals surface area contributed by atoms with E-state index in [-0.39, 0.29) is 36.2 Å². The first-order chi connectivity index (χ1) is 12.2. The number of rotatable bonds is 2. The average Bonchev–Trinajstić information content (AvgIpc) is 2.92. The van der Waals surface area contributed by atoms with Crippen molar-refractivity contribution in [2.75, 3.05) is 26.2 Å². The third-order valence-corrected chi connectivity index (χ3v) is 5.51. The van der Waals surface area contributed by atoms with Crippen LogP contribution in [0.5, 0.6) is 0 Å². The second-order valence-electron chi connectivity index (χ2n) is 7.07. The molecule has 2 fully saturated rings. The molecule has 2 heterocycles. The largest absolute Gasteiger partial charge is 0.336 e. The molecule has 0 aromatic heterocycles. The summed E-state index contributed by atoms with van der Waals surface area (Å²) in [5.74, 6) is -0.504. The zero-order valence-corrected chi connectivity index (χ0v) is 15.5. The highest BCUT2D eigenvalue weighted by atomic mass is 35.5. The predicted octanol–water partition coefficient (Wildman–Crippen LogP) is 2.08. The minimum atomic E-state index is -0.234. The lowest BCUT2D eigenvalue weighted by atomic mass is 9.94. The van der Waals surface area contributed by atoms with E-state index in [1.807, 2.05) is 0 Å². The van der Waals surface area contributed by atoms with Crippen LogP contribution in [0.2, 0.25) is 0 Å². The summed E-state index contributed by atoms with van der Waals surface area (Å²) in [5.41, 5.74) is 1.32. The summed E-state index contributed by atoms with van der Waals surface area (Å²) < 4.78 is 0. The number of piperazine rings is 1. The molecular weight excluding hydrogens is 354 g/mol. The van der Waals surface area contributed by atoms with Gasteiger partial charge in [-0.15, -0.1) is 12.4 Å². The highest BCUT2D eigenvalue weighted by Crippen LogP contribution is 2.31. The highest BCUT2D eigenvalue weighted by Gasteiger charge is 2.40. The van der Waals surface area contributed by atoms with E-state index in [1.54, 1.807) is 23.1 Å². The maximum absolute atomic E-state index is 12.8. The number of fused-ring (bicyclic) bond motifs is 1. The van der Waals surface area contributed by atoms with Crippen molar-refractivity contribution < 1.29 is 14.4 Å². The van der Waals surface area contributed by atoms with Crippen LogP contribution in [0.4, 0.5) is 0 Å². The lowest BCUT2D eigenvalue weighted by Gasteiger charge is -2.29. The van der Waals surface area contributed by atoms with Crippen molar-refractivity contribution in [2.24, 2.45) is 0 Å². The van der Waals surface area contributed by atoms with Gasteiger partial charge in [-0.1, -0.05) is 19.3 Å². The van der Waals surface area contributed by atoms with Crippen LogP contribution in [-0.2, 0) is 0 Å². The number of benzene rings is 1. The van der Waals surface area contributed by atoms with Crippen molar-refractivity contribution in [2.45, 2.75) is 38.1 Å². The number of halogens is 1. The van der Waals surface area contributed by atoms with E-state index in [2.05, 4.69) is 5.32 Å². The van der Waals surface area contributed by atoms with Crippen LogP contribution in [0.3, 0.4) is 0 Å². The molecule has 3 amide bonds. The van der Waals surface area contributed by atoms with Crippen LogP contribution in [0, 0.1) is 0 Å². The molecule has 140 valence electrons. The van der Waals surface area contributed by atoms with E-state index in [9.17, 15) is 14.4 Å². The molecule has 7 heteroatoms. The molecule has 1 saturated heterocycles. The Hall–Kier alpha value is -1.92. The number of amides is 3. The Morgan fingerprint density at radius 3 is 2.31 bits per heavy atom. The first-order valence-corrected chi connectivity index (χ1v) is 9.19. The molecule has 0 atom stereocenters. The van der Waals surface area contributed by atoms with Gasteiger partial charge in [0.15, 0.2) is 0 Å². The van der Waals surface area contributed by atoms with Gasteiger partial charge in [-0.25, -0.2) is 0 Å². The Morgan fingerprint density at radius 2 is 1.62 bits per heavy atom. The first-order valence-electron chi connectivity index (χ1n) is 9.19. The molecule has 26 heavy (non-hydrogen) atoms. The molecule has 0 bridgehead atoms. The SMILES string of the molecule is Cl.O=C(c1ccc2c(c1)C(=O)N(C1CCCCC1)C2=O)N1CCNCC1. The average molecular weight is 378 g/mol. The molecule has 0 unspecified atom stereocenters. The van der Waals surface area contributed by atoms with E-state index in [0.29, 0.717) is 29.8 Å². The molecule has 4 rings (SSSR count). The number of hydrogen-bond acceptors (Lipinski definition) is 4. The molecular formula is C19H24ClN3O3. The molecule has 0 radical (unpaired) electrons. The van der Waals surface area contributed by atoms with Gasteiger partial charge in [0, 0.05) is 37.8 Å². The fourth-order valence-electron chi connectivity index (χ4n) is 4.11.